The summed E-state index contributed by atoms with van der Waals surface area (Å²) in [6, 6.07) is 11.1. The lowest BCUT2D eigenvalue weighted by Gasteiger charge is -2.34. The van der Waals surface area contributed by atoms with Gasteiger partial charge in [-0.3, -0.25) is 18.9 Å². The minimum absolute atomic E-state index is 0.0689. The number of para-hydroxylation sites is 1. The monoisotopic (exact) mass is 468 g/mol. The van der Waals surface area contributed by atoms with Crippen LogP contribution in [0.15, 0.2) is 52.8 Å². The summed E-state index contributed by atoms with van der Waals surface area (Å²) in [4.78, 5) is 34.7. The summed E-state index contributed by atoms with van der Waals surface area (Å²) in [5, 5.41) is 6.66. The fourth-order valence-electron chi connectivity index (χ4n) is 3.95. The molecule has 8 nitrogen and oxygen atoms in total. The number of rotatable bonds is 4. The van der Waals surface area contributed by atoms with Crippen molar-refractivity contribution in [2.24, 2.45) is 0 Å². The first-order valence-electron chi connectivity index (χ1n) is 10.3. The molecule has 1 fully saturated rings. The van der Waals surface area contributed by atoms with Crippen LogP contribution < -0.4 is 5.56 Å². The van der Waals surface area contributed by atoms with Gasteiger partial charge in [-0.2, -0.15) is 5.10 Å². The zero-order valence-corrected chi connectivity index (χ0v) is 19.0. The Morgan fingerprint density at radius 3 is 2.66 bits per heavy atom. The maximum Gasteiger partial charge on any atom is 0.258 e. The second-order valence-electron chi connectivity index (χ2n) is 7.71. The van der Waals surface area contributed by atoms with E-state index in [0.29, 0.717) is 54.1 Å². The van der Waals surface area contributed by atoms with Crippen molar-refractivity contribution in [2.45, 2.75) is 13.5 Å². The molecule has 0 spiro atoms. The third-order valence-corrected chi connectivity index (χ3v) is 6.73. The zero-order chi connectivity index (χ0) is 22.2. The molecule has 1 aromatic carbocycles. The number of carbonyl (C=O) groups is 1. The van der Waals surface area contributed by atoms with Gasteiger partial charge in [-0.1, -0.05) is 29.8 Å². The van der Waals surface area contributed by atoms with Gasteiger partial charge in [0, 0.05) is 50.4 Å². The summed E-state index contributed by atoms with van der Waals surface area (Å²) < 4.78 is 3.15. The molecule has 164 valence electrons. The fraction of sp³-hybridized carbons (Fsp3) is 0.273. The van der Waals surface area contributed by atoms with Crippen molar-refractivity contribution in [1.29, 1.82) is 0 Å². The van der Waals surface area contributed by atoms with E-state index in [4.69, 9.17) is 11.6 Å². The summed E-state index contributed by atoms with van der Waals surface area (Å²) in [7, 11) is 0. The standard InChI is InChI=1S/C22H21ClN6O2S/c1-15-19(20(23)29(25-15)17-5-3-2-4-6-17)21(31)27-9-7-26(8-10-27)14-16-13-18(30)28-11-12-32-22(28)24-16/h2-6,11-13H,7-10,14H2,1H3. The largest absolute Gasteiger partial charge is 0.336 e. The van der Waals surface area contributed by atoms with E-state index < -0.39 is 0 Å². The lowest BCUT2D eigenvalue weighted by Crippen LogP contribution is -2.48. The van der Waals surface area contributed by atoms with Crippen LogP contribution in [0.1, 0.15) is 21.7 Å². The second-order valence-corrected chi connectivity index (χ2v) is 8.94. The average molecular weight is 469 g/mol. The van der Waals surface area contributed by atoms with E-state index in [-0.39, 0.29) is 11.5 Å². The smallest absolute Gasteiger partial charge is 0.258 e. The highest BCUT2D eigenvalue weighted by Gasteiger charge is 2.28. The first kappa shape index (κ1) is 20.9. The summed E-state index contributed by atoms with van der Waals surface area (Å²) in [5.41, 5.74) is 2.55. The molecule has 0 aliphatic carbocycles. The Bertz CT molecular complexity index is 1340. The highest BCUT2D eigenvalue weighted by Crippen LogP contribution is 2.25. The molecule has 0 unspecified atom stereocenters. The van der Waals surface area contributed by atoms with Crippen LogP contribution >= 0.6 is 22.9 Å². The van der Waals surface area contributed by atoms with Gasteiger partial charge >= 0.3 is 0 Å². The molecule has 3 aromatic heterocycles. The van der Waals surface area contributed by atoms with E-state index in [1.54, 1.807) is 28.3 Å². The average Bonchev–Trinajstić information content (AvgIpc) is 3.39. The van der Waals surface area contributed by atoms with Crippen LogP contribution in [0, 0.1) is 6.92 Å². The topological polar surface area (TPSA) is 75.7 Å². The highest BCUT2D eigenvalue weighted by molar-refractivity contribution is 7.15. The van der Waals surface area contributed by atoms with Crippen molar-refractivity contribution in [1.82, 2.24) is 29.0 Å². The summed E-state index contributed by atoms with van der Waals surface area (Å²) >= 11 is 8.01. The van der Waals surface area contributed by atoms with Crippen molar-refractivity contribution in [3.8, 4) is 5.69 Å². The molecule has 10 heteroatoms. The number of carbonyl (C=O) groups excluding carboxylic acids is 1. The first-order valence-corrected chi connectivity index (χ1v) is 11.5. The Balaban J connectivity index is 1.28. The zero-order valence-electron chi connectivity index (χ0n) is 17.4. The predicted octanol–water partition coefficient (Wildman–Crippen LogP) is 2.86. The molecule has 0 atom stereocenters. The van der Waals surface area contributed by atoms with E-state index in [9.17, 15) is 9.59 Å². The van der Waals surface area contributed by atoms with Gasteiger partial charge in [-0.15, -0.1) is 11.3 Å². The van der Waals surface area contributed by atoms with E-state index in [2.05, 4.69) is 15.0 Å². The van der Waals surface area contributed by atoms with Crippen molar-refractivity contribution in [3.05, 3.63) is 80.4 Å². The lowest BCUT2D eigenvalue weighted by atomic mass is 10.2. The number of fused-ring (bicyclic) bond motifs is 1. The molecule has 0 N–H and O–H groups in total. The van der Waals surface area contributed by atoms with Crippen LogP contribution in [-0.4, -0.2) is 61.1 Å². The van der Waals surface area contributed by atoms with Crippen LogP contribution in [0.2, 0.25) is 5.15 Å². The molecule has 4 aromatic rings. The third kappa shape index (κ3) is 3.83. The molecule has 1 aliphatic rings. The van der Waals surface area contributed by atoms with Crippen molar-refractivity contribution in [3.63, 3.8) is 0 Å². The van der Waals surface area contributed by atoms with Gasteiger partial charge in [-0.05, 0) is 19.1 Å². The number of nitrogens with zero attached hydrogens (tertiary/aromatic N) is 6. The minimum Gasteiger partial charge on any atom is -0.336 e. The third-order valence-electron chi connectivity index (χ3n) is 5.62. The first-order chi connectivity index (χ1) is 15.5. The van der Waals surface area contributed by atoms with E-state index >= 15 is 0 Å². The van der Waals surface area contributed by atoms with Gasteiger partial charge in [0.15, 0.2) is 4.96 Å². The van der Waals surface area contributed by atoms with Gasteiger partial charge in [0.1, 0.15) is 5.15 Å². The van der Waals surface area contributed by atoms with Crippen molar-refractivity contribution < 1.29 is 4.79 Å². The second kappa shape index (κ2) is 8.50. The van der Waals surface area contributed by atoms with Gasteiger partial charge < -0.3 is 4.90 Å². The van der Waals surface area contributed by atoms with Crippen LogP contribution in [0.3, 0.4) is 0 Å². The number of aromatic nitrogens is 4. The maximum absolute atomic E-state index is 13.2. The Labute approximate surface area is 193 Å². The highest BCUT2D eigenvalue weighted by atomic mass is 35.5. The molecule has 4 heterocycles. The Morgan fingerprint density at radius 2 is 1.91 bits per heavy atom. The molecular formula is C22H21ClN6O2S. The minimum atomic E-state index is -0.106. The molecule has 32 heavy (non-hydrogen) atoms. The number of thiazole rings is 1. The molecule has 0 bridgehead atoms. The Hall–Kier alpha value is -3.01. The molecule has 0 saturated carbocycles. The number of piperazine rings is 1. The number of hydrogen-bond donors (Lipinski definition) is 0. The van der Waals surface area contributed by atoms with Gasteiger partial charge in [0.2, 0.25) is 0 Å². The Morgan fingerprint density at radius 1 is 1.16 bits per heavy atom. The molecule has 1 amide bonds. The van der Waals surface area contributed by atoms with Gasteiger partial charge in [0.05, 0.1) is 22.6 Å². The predicted molar refractivity (Wildman–Crippen MR) is 124 cm³/mol. The SMILES string of the molecule is Cc1nn(-c2ccccc2)c(Cl)c1C(=O)N1CCN(Cc2cc(=O)n3ccsc3n2)CC1. The summed E-state index contributed by atoms with van der Waals surface area (Å²) in [5.74, 6) is -0.106. The lowest BCUT2D eigenvalue weighted by molar-refractivity contribution is 0.0626. The number of halogens is 1. The molecule has 1 saturated heterocycles. The van der Waals surface area contributed by atoms with Crippen LogP contribution in [0.25, 0.3) is 10.6 Å². The number of aryl methyl sites for hydroxylation is 1. The molecule has 0 radical (unpaired) electrons. The number of hydrogen-bond acceptors (Lipinski definition) is 6. The van der Waals surface area contributed by atoms with E-state index in [0.717, 1.165) is 11.4 Å². The maximum atomic E-state index is 13.2. The number of benzene rings is 1. The number of amides is 1. The molecular weight excluding hydrogens is 448 g/mol. The summed E-state index contributed by atoms with van der Waals surface area (Å²) in [6.45, 7) is 4.93. The van der Waals surface area contributed by atoms with Gasteiger partial charge in [-0.25, -0.2) is 9.67 Å². The quantitative estimate of drug-likeness (QED) is 0.460. The van der Waals surface area contributed by atoms with Crippen molar-refractivity contribution >= 4 is 33.8 Å². The van der Waals surface area contributed by atoms with E-state index in [1.165, 1.54) is 11.3 Å². The normalized spacial score (nSPS) is 14.9. The van der Waals surface area contributed by atoms with Crippen LogP contribution in [0.4, 0.5) is 0 Å². The Kier molecular flexibility index (Phi) is 5.54. The van der Waals surface area contributed by atoms with Gasteiger partial charge in [0.25, 0.3) is 11.5 Å². The van der Waals surface area contributed by atoms with E-state index in [1.807, 2.05) is 40.6 Å². The summed E-state index contributed by atoms with van der Waals surface area (Å²) in [6.07, 6.45) is 1.73. The van der Waals surface area contributed by atoms with Crippen molar-refractivity contribution in [2.75, 3.05) is 26.2 Å². The van der Waals surface area contributed by atoms with Crippen LogP contribution in [0.5, 0.6) is 0 Å². The van der Waals surface area contributed by atoms with Crippen LogP contribution in [-0.2, 0) is 6.54 Å². The molecule has 1 aliphatic heterocycles. The fourth-order valence-corrected chi connectivity index (χ4v) is 5.04. The molecule has 5 rings (SSSR count).